The monoisotopic (exact) mass is 392 g/mol. The summed E-state index contributed by atoms with van der Waals surface area (Å²) in [5.74, 6) is 0. The molecule has 0 saturated carbocycles. The largest absolute Gasteiger partial charge is 0.394 e. The van der Waals surface area contributed by atoms with Gasteiger partial charge in [-0.2, -0.15) is 0 Å². The number of nitrogens with one attached hydrogen (secondary N) is 1. The molecule has 0 radical (unpaired) electrons. The first-order valence-electron chi connectivity index (χ1n) is 5.75. The summed E-state index contributed by atoms with van der Waals surface area (Å²) in [5, 5.41) is 18.9. The maximum atomic E-state index is 11.8. The van der Waals surface area contributed by atoms with E-state index in [4.69, 9.17) is 9.84 Å². The molecule has 1 aromatic rings. The van der Waals surface area contributed by atoms with Crippen molar-refractivity contribution in [3.8, 4) is 0 Å². The quantitative estimate of drug-likeness (QED) is 0.486. The van der Waals surface area contributed by atoms with Gasteiger partial charge in [0, 0.05) is 11.8 Å². The van der Waals surface area contributed by atoms with E-state index in [-0.39, 0.29) is 11.1 Å². The molecule has 1 aromatic heterocycles. The standard InChI is InChI=1S/C12H13IN2O5/c1-6-9(17)8(5-16)20-11(6)15-4-7(2-3-13)10(18)14-12(15)19/h2-4,8-9,11,16-17H,1,5H2,(H,14,18,19)/b3-2+/t8-,9+,11-/m1/s1. The summed E-state index contributed by atoms with van der Waals surface area (Å²) >= 11 is 1.95. The van der Waals surface area contributed by atoms with Gasteiger partial charge in [0.1, 0.15) is 12.2 Å². The predicted octanol–water partition coefficient (Wildman–Crippen LogP) is -0.251. The molecular weight excluding hydrogens is 379 g/mol. The lowest BCUT2D eigenvalue weighted by atomic mass is 10.1. The first-order chi connectivity index (χ1) is 9.49. The number of hydrogen-bond acceptors (Lipinski definition) is 5. The van der Waals surface area contributed by atoms with Crippen molar-refractivity contribution >= 4 is 28.7 Å². The Morgan fingerprint density at radius 3 is 2.80 bits per heavy atom. The number of ether oxygens (including phenoxy) is 1. The van der Waals surface area contributed by atoms with E-state index in [1.165, 1.54) is 12.3 Å². The highest BCUT2D eigenvalue weighted by Gasteiger charge is 2.38. The summed E-state index contributed by atoms with van der Waals surface area (Å²) in [4.78, 5) is 25.6. The highest BCUT2D eigenvalue weighted by molar-refractivity contribution is 14.1. The lowest BCUT2D eigenvalue weighted by molar-refractivity contribution is -0.0447. The predicted molar refractivity (Wildman–Crippen MR) is 80.5 cm³/mol. The number of H-pyrrole nitrogens is 1. The molecule has 0 aliphatic carbocycles. The third kappa shape index (κ3) is 2.64. The molecule has 2 rings (SSSR count). The summed E-state index contributed by atoms with van der Waals surface area (Å²) in [6, 6.07) is 0. The third-order valence-corrected chi connectivity index (χ3v) is 3.38. The van der Waals surface area contributed by atoms with Crippen molar-refractivity contribution in [2.75, 3.05) is 6.61 Å². The van der Waals surface area contributed by atoms with Gasteiger partial charge in [-0.05, 0) is 10.2 Å². The Bertz CT molecular complexity index is 663. The highest BCUT2D eigenvalue weighted by atomic mass is 127. The average Bonchev–Trinajstić information content (AvgIpc) is 2.70. The number of aromatic nitrogens is 2. The van der Waals surface area contributed by atoms with Crippen LogP contribution in [0.1, 0.15) is 11.8 Å². The summed E-state index contributed by atoms with van der Waals surface area (Å²) in [7, 11) is 0. The molecule has 20 heavy (non-hydrogen) atoms. The molecule has 0 bridgehead atoms. The van der Waals surface area contributed by atoms with Crippen LogP contribution in [0.4, 0.5) is 0 Å². The van der Waals surface area contributed by atoms with Crippen molar-refractivity contribution in [3.05, 3.63) is 48.8 Å². The minimum absolute atomic E-state index is 0.252. The van der Waals surface area contributed by atoms with E-state index in [1.807, 2.05) is 22.6 Å². The van der Waals surface area contributed by atoms with Crippen LogP contribution in [0, 0.1) is 0 Å². The molecule has 1 saturated heterocycles. The summed E-state index contributed by atoms with van der Waals surface area (Å²) in [6.45, 7) is 3.28. The average molecular weight is 392 g/mol. The zero-order valence-corrected chi connectivity index (χ0v) is 12.5. The summed E-state index contributed by atoms with van der Waals surface area (Å²) < 4.78 is 8.16. The van der Waals surface area contributed by atoms with Crippen LogP contribution in [-0.2, 0) is 4.74 Å². The molecule has 0 unspecified atom stereocenters. The van der Waals surface area contributed by atoms with Gasteiger partial charge in [-0.25, -0.2) is 4.79 Å². The van der Waals surface area contributed by atoms with Gasteiger partial charge >= 0.3 is 5.69 Å². The maximum Gasteiger partial charge on any atom is 0.330 e. The number of aromatic amines is 1. The van der Waals surface area contributed by atoms with Crippen LogP contribution in [0.2, 0.25) is 0 Å². The second kappa shape index (κ2) is 6.04. The maximum absolute atomic E-state index is 11.8. The first-order valence-corrected chi connectivity index (χ1v) is 6.99. The van der Waals surface area contributed by atoms with E-state index in [0.717, 1.165) is 4.57 Å². The number of rotatable bonds is 3. The molecule has 1 aliphatic rings. The van der Waals surface area contributed by atoms with Gasteiger partial charge in [-0.3, -0.25) is 14.3 Å². The van der Waals surface area contributed by atoms with E-state index < -0.39 is 36.3 Å². The van der Waals surface area contributed by atoms with Crippen LogP contribution in [-0.4, -0.2) is 38.6 Å². The second-order valence-corrected chi connectivity index (χ2v) is 4.99. The van der Waals surface area contributed by atoms with Gasteiger partial charge in [0.05, 0.1) is 12.2 Å². The number of aliphatic hydroxyl groups excluding tert-OH is 2. The lowest BCUT2D eigenvalue weighted by Crippen LogP contribution is -2.33. The van der Waals surface area contributed by atoms with Crippen LogP contribution in [0.15, 0.2) is 32.0 Å². The van der Waals surface area contributed by atoms with Crippen LogP contribution < -0.4 is 11.2 Å². The molecule has 3 atom stereocenters. The van der Waals surface area contributed by atoms with Crippen LogP contribution >= 0.6 is 22.6 Å². The fraction of sp³-hybridized carbons (Fsp3) is 0.333. The van der Waals surface area contributed by atoms with Crippen molar-refractivity contribution in [1.29, 1.82) is 0 Å². The fourth-order valence-corrected chi connectivity index (χ4v) is 2.35. The number of hydrogen-bond donors (Lipinski definition) is 3. The zero-order valence-electron chi connectivity index (χ0n) is 10.3. The number of aliphatic hydroxyl groups is 2. The Morgan fingerprint density at radius 2 is 2.25 bits per heavy atom. The van der Waals surface area contributed by atoms with E-state index >= 15 is 0 Å². The molecule has 0 amide bonds. The smallest absolute Gasteiger partial charge is 0.330 e. The third-order valence-electron chi connectivity index (χ3n) is 3.02. The van der Waals surface area contributed by atoms with E-state index in [9.17, 15) is 14.7 Å². The molecule has 3 N–H and O–H groups in total. The molecule has 0 spiro atoms. The molecular formula is C12H13IN2O5. The molecule has 8 heteroatoms. The topological polar surface area (TPSA) is 105 Å². The van der Waals surface area contributed by atoms with E-state index in [1.54, 1.807) is 4.08 Å². The Kier molecular flexibility index (Phi) is 4.58. The SMILES string of the molecule is C=C1[C@H](n2cc(/C=C/I)c(=O)[nH]c2=O)O[C@H](CO)[C@H]1O. The van der Waals surface area contributed by atoms with Crippen molar-refractivity contribution in [2.45, 2.75) is 18.4 Å². The van der Waals surface area contributed by atoms with Gasteiger partial charge in [-0.15, -0.1) is 0 Å². The Balaban J connectivity index is 2.48. The fourth-order valence-electron chi connectivity index (χ4n) is 1.96. The Hall–Kier alpha value is -1.23. The molecule has 1 aliphatic heterocycles. The first kappa shape index (κ1) is 15.2. The van der Waals surface area contributed by atoms with Gasteiger partial charge < -0.3 is 14.9 Å². The normalized spacial score (nSPS) is 26.6. The van der Waals surface area contributed by atoms with Crippen molar-refractivity contribution in [3.63, 3.8) is 0 Å². The molecule has 108 valence electrons. The summed E-state index contributed by atoms with van der Waals surface area (Å²) in [5.41, 5.74) is -0.653. The Morgan fingerprint density at radius 1 is 1.55 bits per heavy atom. The van der Waals surface area contributed by atoms with Gasteiger partial charge in [0.25, 0.3) is 5.56 Å². The van der Waals surface area contributed by atoms with Gasteiger partial charge in [0.2, 0.25) is 0 Å². The van der Waals surface area contributed by atoms with Gasteiger partial charge in [-0.1, -0.05) is 29.2 Å². The highest BCUT2D eigenvalue weighted by Crippen LogP contribution is 2.31. The molecule has 2 heterocycles. The van der Waals surface area contributed by atoms with E-state index in [0.29, 0.717) is 0 Å². The van der Waals surface area contributed by atoms with E-state index in [2.05, 4.69) is 11.6 Å². The molecule has 7 nitrogen and oxygen atoms in total. The van der Waals surface area contributed by atoms with Crippen molar-refractivity contribution in [1.82, 2.24) is 9.55 Å². The number of halogens is 1. The van der Waals surface area contributed by atoms with Crippen LogP contribution in [0.5, 0.6) is 0 Å². The minimum Gasteiger partial charge on any atom is -0.394 e. The Labute approximate surface area is 127 Å². The molecule has 0 aromatic carbocycles. The lowest BCUT2D eigenvalue weighted by Gasteiger charge is -2.15. The van der Waals surface area contributed by atoms with Crippen molar-refractivity contribution < 1.29 is 14.9 Å². The molecule has 1 fully saturated rings. The minimum atomic E-state index is -1.06. The zero-order chi connectivity index (χ0) is 14.9. The second-order valence-electron chi connectivity index (χ2n) is 4.27. The van der Waals surface area contributed by atoms with Crippen LogP contribution in [0.3, 0.4) is 0 Å². The van der Waals surface area contributed by atoms with Crippen LogP contribution in [0.25, 0.3) is 6.08 Å². The summed E-state index contributed by atoms with van der Waals surface area (Å²) in [6.07, 6.45) is 0.0428. The number of nitrogens with zero attached hydrogens (tertiary/aromatic N) is 1. The van der Waals surface area contributed by atoms with Crippen molar-refractivity contribution in [2.24, 2.45) is 0 Å². The van der Waals surface area contributed by atoms with Gasteiger partial charge in [0.15, 0.2) is 6.23 Å².